The van der Waals surface area contributed by atoms with E-state index in [1.165, 1.54) is 6.92 Å². The summed E-state index contributed by atoms with van der Waals surface area (Å²) in [5.74, 6) is -1.22. The number of allylic oxidation sites excluding steroid dienone is 2. The molecule has 5 rings (SSSR count). The van der Waals surface area contributed by atoms with E-state index >= 15 is 0 Å². The van der Waals surface area contributed by atoms with Gasteiger partial charge in [0.2, 0.25) is 0 Å². The van der Waals surface area contributed by atoms with Crippen LogP contribution in [0.1, 0.15) is 80.1 Å². The molecule has 5 aliphatic carbocycles. The van der Waals surface area contributed by atoms with Gasteiger partial charge in [0, 0.05) is 30.6 Å². The molecule has 44 heavy (non-hydrogen) atoms. The number of likely N-dealkylation sites (N-methyl/N-ethyl adjacent to an activating group) is 1. The molecule has 0 saturated heterocycles. The number of hydrogen-bond donors (Lipinski definition) is 1. The number of nitrogens with zero attached hydrogens (tertiary/aromatic N) is 1. The fraction of sp³-hybridized carbons (Fsp3) is 0.778. The number of ether oxygens (including phenoxy) is 2. The van der Waals surface area contributed by atoms with Crippen LogP contribution in [0, 0.1) is 57.2 Å². The molecule has 8 nitrogen and oxygen atoms in total. The number of ketones is 2. The van der Waals surface area contributed by atoms with Crippen LogP contribution in [0.3, 0.4) is 0 Å². The van der Waals surface area contributed by atoms with Crippen LogP contribution < -0.4 is 0 Å². The number of Topliss-reactive ketones (excluding diaryl/α,β-unsaturated/α-hetero) is 1. The van der Waals surface area contributed by atoms with Gasteiger partial charge in [0.05, 0.1) is 13.2 Å². The van der Waals surface area contributed by atoms with Crippen LogP contribution in [0.4, 0.5) is 0 Å². The minimum Gasteiger partial charge on any atom is -0.464 e. The SMILES string of the molecule is C=C(C(O)C(=O)[C@@H](C)[C@H]1[C@@H](OC(C)=O)C[C@@]2(C)[C@@H]3CC[C@H]4[C@H](C)C(=O)C=C[C@@]45C[C@@]35CC[C@]12C)[C@@H](C)COC(=O)CN(C)C. The Morgan fingerprint density at radius 3 is 2.45 bits per heavy atom. The molecule has 0 heterocycles. The standard InChI is InChI=1S/C36H53NO7/c1-20(18-43-29(40)17-37(8)9)21(2)31(41)32(42)23(4)30-27(44-24(5)38)16-34(7)28-11-10-25-22(3)26(39)12-13-35(25)19-36(28,35)15-14-33(30,34)6/h12-13,20,22-23,25,27-28,30-31,41H,2,10-11,14-19H2,1,3-9H3/t20-,22-,23-,25-,27-,28-,30-,31?,33+,34-,35+,36-/m0/s1. The highest BCUT2D eigenvalue weighted by Gasteiger charge is 2.81. The number of carbonyl (C=O) groups excluding carboxylic acids is 4. The third-order valence-electron chi connectivity index (χ3n) is 13.5. The molecule has 4 fully saturated rings. The monoisotopic (exact) mass is 611 g/mol. The Bertz CT molecular complexity index is 1270. The zero-order chi connectivity index (χ0) is 32.6. The first-order chi connectivity index (χ1) is 20.5. The number of rotatable bonds is 10. The van der Waals surface area contributed by atoms with Gasteiger partial charge in [0.1, 0.15) is 12.2 Å². The second kappa shape index (κ2) is 11.2. The van der Waals surface area contributed by atoms with Crippen molar-refractivity contribution in [3.8, 4) is 0 Å². The smallest absolute Gasteiger partial charge is 0.320 e. The normalized spacial score (nSPS) is 42.2. The molecule has 12 atom stereocenters. The van der Waals surface area contributed by atoms with E-state index in [9.17, 15) is 24.3 Å². The van der Waals surface area contributed by atoms with E-state index in [0.29, 0.717) is 23.8 Å². The quantitative estimate of drug-likeness (QED) is 0.278. The van der Waals surface area contributed by atoms with Crippen LogP contribution in [0.5, 0.6) is 0 Å². The molecule has 0 aromatic rings. The zero-order valence-corrected chi connectivity index (χ0v) is 28.0. The average Bonchev–Trinajstić information content (AvgIpc) is 3.56. The molecular formula is C36H53NO7. The minimum absolute atomic E-state index is 0.0324. The lowest BCUT2D eigenvalue weighted by Gasteiger charge is -2.60. The maximum Gasteiger partial charge on any atom is 0.320 e. The van der Waals surface area contributed by atoms with Gasteiger partial charge >= 0.3 is 11.9 Å². The second-order valence-corrected chi connectivity index (χ2v) is 15.8. The maximum atomic E-state index is 14.0. The predicted octanol–water partition coefficient (Wildman–Crippen LogP) is 4.79. The van der Waals surface area contributed by atoms with Crippen LogP contribution >= 0.6 is 0 Å². The maximum absolute atomic E-state index is 14.0. The highest BCUT2D eigenvalue weighted by atomic mass is 16.5. The summed E-state index contributed by atoms with van der Waals surface area (Å²) in [7, 11) is 3.56. The van der Waals surface area contributed by atoms with Crippen molar-refractivity contribution in [3.63, 3.8) is 0 Å². The summed E-state index contributed by atoms with van der Waals surface area (Å²) >= 11 is 0. The van der Waals surface area contributed by atoms with Crippen molar-refractivity contribution in [2.75, 3.05) is 27.2 Å². The van der Waals surface area contributed by atoms with Gasteiger partial charge in [-0.3, -0.25) is 24.1 Å². The van der Waals surface area contributed by atoms with Crippen LogP contribution in [0.25, 0.3) is 0 Å². The third kappa shape index (κ3) is 4.76. The van der Waals surface area contributed by atoms with E-state index < -0.39 is 24.0 Å². The summed E-state index contributed by atoms with van der Waals surface area (Å²) in [6.07, 6.45) is 8.03. The first-order valence-electron chi connectivity index (χ1n) is 16.6. The summed E-state index contributed by atoms with van der Waals surface area (Å²) < 4.78 is 11.4. The molecule has 0 radical (unpaired) electrons. The molecule has 1 N–H and O–H groups in total. The fourth-order valence-electron chi connectivity index (χ4n) is 11.1. The minimum atomic E-state index is -1.41. The Morgan fingerprint density at radius 1 is 1.14 bits per heavy atom. The fourth-order valence-corrected chi connectivity index (χ4v) is 11.1. The lowest BCUT2D eigenvalue weighted by atomic mass is 9.43. The van der Waals surface area contributed by atoms with Crippen molar-refractivity contribution in [1.82, 2.24) is 4.90 Å². The van der Waals surface area contributed by atoms with Crippen molar-refractivity contribution in [2.45, 2.75) is 92.3 Å². The molecule has 0 aromatic carbocycles. The van der Waals surface area contributed by atoms with Crippen molar-refractivity contribution >= 4 is 23.5 Å². The Morgan fingerprint density at radius 2 is 1.82 bits per heavy atom. The summed E-state index contributed by atoms with van der Waals surface area (Å²) in [4.78, 5) is 52.8. The van der Waals surface area contributed by atoms with Gasteiger partial charge in [-0.15, -0.1) is 0 Å². The highest BCUT2D eigenvalue weighted by Crippen LogP contribution is 2.87. The summed E-state index contributed by atoms with van der Waals surface area (Å²) in [5.41, 5.74) is 0.0785. The van der Waals surface area contributed by atoms with Crippen LogP contribution in [0.15, 0.2) is 24.3 Å². The Kier molecular flexibility index (Phi) is 8.40. The molecule has 0 aliphatic heterocycles. The third-order valence-corrected chi connectivity index (χ3v) is 13.5. The Balaban J connectivity index is 1.38. The van der Waals surface area contributed by atoms with E-state index in [2.05, 4.69) is 33.4 Å². The average molecular weight is 612 g/mol. The van der Waals surface area contributed by atoms with E-state index in [4.69, 9.17) is 9.47 Å². The van der Waals surface area contributed by atoms with Gasteiger partial charge in [0.25, 0.3) is 0 Å². The first kappa shape index (κ1) is 33.1. The van der Waals surface area contributed by atoms with Crippen molar-refractivity contribution in [1.29, 1.82) is 0 Å². The molecule has 8 heteroatoms. The molecule has 5 aliphatic rings. The molecular weight excluding hydrogens is 558 g/mol. The number of fused-ring (bicyclic) bond motifs is 2. The molecule has 4 saturated carbocycles. The predicted molar refractivity (Wildman–Crippen MR) is 166 cm³/mol. The Hall–Kier alpha value is -2.32. The van der Waals surface area contributed by atoms with Gasteiger partial charge < -0.3 is 14.6 Å². The van der Waals surface area contributed by atoms with Gasteiger partial charge in [-0.25, -0.2) is 0 Å². The number of aliphatic hydroxyl groups excluding tert-OH is 1. The summed E-state index contributed by atoms with van der Waals surface area (Å²) in [6.45, 7) is 16.0. The topological polar surface area (TPSA) is 110 Å². The zero-order valence-electron chi connectivity index (χ0n) is 28.0. The van der Waals surface area contributed by atoms with Crippen LogP contribution in [-0.2, 0) is 28.7 Å². The highest BCUT2D eigenvalue weighted by molar-refractivity contribution is 5.93. The summed E-state index contributed by atoms with van der Waals surface area (Å²) in [6, 6.07) is 0. The van der Waals surface area contributed by atoms with Crippen molar-refractivity contribution in [2.24, 2.45) is 57.2 Å². The van der Waals surface area contributed by atoms with E-state index in [-0.39, 0.29) is 70.2 Å². The molecule has 2 spiro atoms. The van der Waals surface area contributed by atoms with Gasteiger partial charge in [0.15, 0.2) is 11.6 Å². The largest absolute Gasteiger partial charge is 0.464 e. The first-order valence-corrected chi connectivity index (χ1v) is 16.6. The summed E-state index contributed by atoms with van der Waals surface area (Å²) in [5, 5.41) is 11.3. The Labute approximate surface area is 263 Å². The lowest BCUT2D eigenvalue weighted by molar-refractivity contribution is -0.155. The van der Waals surface area contributed by atoms with Gasteiger partial charge in [-0.2, -0.15) is 0 Å². The second-order valence-electron chi connectivity index (χ2n) is 15.8. The van der Waals surface area contributed by atoms with Crippen LogP contribution in [-0.4, -0.2) is 73.0 Å². The van der Waals surface area contributed by atoms with E-state index in [1.807, 2.05) is 13.0 Å². The molecule has 0 bridgehead atoms. The van der Waals surface area contributed by atoms with Crippen molar-refractivity contribution in [3.05, 3.63) is 24.3 Å². The van der Waals surface area contributed by atoms with E-state index in [0.717, 1.165) is 32.1 Å². The van der Waals surface area contributed by atoms with Gasteiger partial charge in [-0.1, -0.05) is 47.3 Å². The molecule has 0 amide bonds. The van der Waals surface area contributed by atoms with Crippen molar-refractivity contribution < 1.29 is 33.8 Å². The van der Waals surface area contributed by atoms with Crippen LogP contribution in [0.2, 0.25) is 0 Å². The van der Waals surface area contributed by atoms with Gasteiger partial charge in [-0.05, 0) is 97.8 Å². The number of aliphatic hydroxyl groups is 1. The number of hydrogen-bond acceptors (Lipinski definition) is 8. The van der Waals surface area contributed by atoms with E-state index in [1.54, 1.807) is 25.9 Å². The molecule has 0 aromatic heterocycles. The molecule has 1 unspecified atom stereocenters. The lowest BCUT2D eigenvalue weighted by Crippen LogP contribution is -2.55. The number of esters is 2. The number of carbonyl (C=O) groups is 4. The molecule has 244 valence electrons.